The average molecular weight is 613 g/mol. The zero-order chi connectivity index (χ0) is 24.3. The van der Waals surface area contributed by atoms with Gasteiger partial charge < -0.3 is 14.9 Å². The van der Waals surface area contributed by atoms with Crippen molar-refractivity contribution < 1.29 is 23.1 Å². The van der Waals surface area contributed by atoms with Gasteiger partial charge in [0, 0.05) is 36.8 Å². The number of carbonyl (C=O) groups is 1. The molecule has 4 rings (SSSR count). The summed E-state index contributed by atoms with van der Waals surface area (Å²) in [5.41, 5.74) is -4.14. The first-order chi connectivity index (χ1) is 15.4. The van der Waals surface area contributed by atoms with E-state index in [-0.39, 0.29) is 33.4 Å². The van der Waals surface area contributed by atoms with E-state index in [1.165, 1.54) is 29.2 Å². The summed E-state index contributed by atoms with van der Waals surface area (Å²) in [6, 6.07) is 6.41. The summed E-state index contributed by atoms with van der Waals surface area (Å²) in [7, 11) is 0. The first-order valence-corrected chi connectivity index (χ1v) is 12.4. The van der Waals surface area contributed by atoms with Crippen LogP contribution in [0.5, 0.6) is 0 Å². The van der Waals surface area contributed by atoms with Crippen LogP contribution >= 0.6 is 45.8 Å². The molecule has 0 spiro atoms. The Balaban J connectivity index is 1.89. The molecule has 1 amide bonds. The Kier molecular flexibility index (Phi) is 6.72. The minimum atomic E-state index is -4.78. The van der Waals surface area contributed by atoms with Crippen LogP contribution in [0.1, 0.15) is 43.4 Å². The number of nitrogens with zero attached hydrogens (tertiary/aromatic N) is 2. The Labute approximate surface area is 213 Å². The van der Waals surface area contributed by atoms with Crippen molar-refractivity contribution in [3.8, 4) is 0 Å². The first-order valence-electron chi connectivity index (χ1n) is 10.6. The second-order valence-corrected chi connectivity index (χ2v) is 10.4. The summed E-state index contributed by atoms with van der Waals surface area (Å²) in [5, 5.41) is 11.9. The maximum Gasteiger partial charge on any atom is 0.416 e. The number of halogens is 6. The number of fused-ring (bicyclic) bond motifs is 1. The number of hydrogen-bond acceptors (Lipinski definition) is 3. The lowest BCUT2D eigenvalue weighted by atomic mass is 9.83. The van der Waals surface area contributed by atoms with Gasteiger partial charge in [0.05, 0.1) is 11.3 Å². The molecule has 1 heterocycles. The summed E-state index contributed by atoms with van der Waals surface area (Å²) in [6.45, 7) is 5.79. The summed E-state index contributed by atoms with van der Waals surface area (Å²) >= 11 is 14.1. The van der Waals surface area contributed by atoms with Crippen LogP contribution in [0.15, 0.2) is 30.3 Å². The number of hydrogen-bond donors (Lipinski definition) is 1. The third kappa shape index (κ3) is 4.05. The van der Waals surface area contributed by atoms with Gasteiger partial charge in [-0.2, -0.15) is 13.2 Å². The maximum atomic E-state index is 14.2. The molecule has 1 aliphatic heterocycles. The van der Waals surface area contributed by atoms with Crippen LogP contribution in [0, 0.1) is 3.57 Å². The molecule has 1 N–H and O–H groups in total. The van der Waals surface area contributed by atoms with Crippen molar-refractivity contribution in [2.75, 3.05) is 18.0 Å². The van der Waals surface area contributed by atoms with E-state index in [0.717, 1.165) is 19.2 Å². The molecule has 1 atom stereocenters. The molecule has 2 aliphatic rings. The fraction of sp³-hybridized carbons (Fsp3) is 0.435. The van der Waals surface area contributed by atoms with E-state index in [1.54, 1.807) is 22.6 Å². The summed E-state index contributed by atoms with van der Waals surface area (Å²) in [5.74, 6) is -0.822. The largest absolute Gasteiger partial charge is 0.416 e. The van der Waals surface area contributed by atoms with E-state index >= 15 is 0 Å². The maximum absolute atomic E-state index is 14.2. The van der Waals surface area contributed by atoms with Crippen LogP contribution in [0.4, 0.5) is 18.9 Å². The minimum Gasteiger partial charge on any atom is -0.372 e. The molecule has 0 bridgehead atoms. The fourth-order valence-corrected chi connectivity index (χ4v) is 6.13. The number of aliphatic hydroxyl groups is 1. The van der Waals surface area contributed by atoms with Gasteiger partial charge in [0.15, 0.2) is 5.60 Å². The highest BCUT2D eigenvalue weighted by Crippen LogP contribution is 2.54. The zero-order valence-electron chi connectivity index (χ0n) is 17.9. The first kappa shape index (κ1) is 25.0. The van der Waals surface area contributed by atoms with Gasteiger partial charge in [0.25, 0.3) is 5.91 Å². The van der Waals surface area contributed by atoms with Crippen LogP contribution < -0.4 is 4.90 Å². The van der Waals surface area contributed by atoms with Crippen molar-refractivity contribution in [2.24, 2.45) is 0 Å². The summed E-state index contributed by atoms with van der Waals surface area (Å²) in [6.07, 6.45) is -3.55. The molecule has 0 radical (unpaired) electrons. The smallest absolute Gasteiger partial charge is 0.372 e. The molecule has 1 unspecified atom stereocenters. The van der Waals surface area contributed by atoms with Crippen LogP contribution in [-0.4, -0.2) is 41.1 Å². The highest BCUT2D eigenvalue weighted by Gasteiger charge is 2.59. The summed E-state index contributed by atoms with van der Waals surface area (Å²) in [4.78, 5) is 17.4. The van der Waals surface area contributed by atoms with Crippen molar-refractivity contribution in [1.82, 2.24) is 4.90 Å². The Morgan fingerprint density at radius 3 is 2.36 bits per heavy atom. The van der Waals surface area contributed by atoms with Crippen molar-refractivity contribution in [3.05, 3.63) is 60.6 Å². The number of rotatable bonds is 5. The Morgan fingerprint density at radius 1 is 1.18 bits per heavy atom. The molecular formula is C23H22Cl2F3IN2O2. The van der Waals surface area contributed by atoms with E-state index < -0.39 is 28.8 Å². The van der Waals surface area contributed by atoms with Crippen LogP contribution in [-0.2, 0) is 16.6 Å². The lowest BCUT2D eigenvalue weighted by Gasteiger charge is -2.46. The number of amides is 1. The number of benzene rings is 2. The molecule has 178 valence electrons. The van der Waals surface area contributed by atoms with Gasteiger partial charge in [-0.1, -0.05) is 43.1 Å². The third-order valence-corrected chi connectivity index (χ3v) is 7.81. The molecule has 1 aliphatic carbocycles. The second-order valence-electron chi connectivity index (χ2n) is 8.36. The molecule has 4 nitrogen and oxygen atoms in total. The molecule has 2 aromatic rings. The molecule has 1 fully saturated rings. The molecule has 0 aromatic heterocycles. The van der Waals surface area contributed by atoms with Crippen molar-refractivity contribution in [1.29, 1.82) is 0 Å². The molecule has 0 saturated heterocycles. The molecular weight excluding hydrogens is 591 g/mol. The Morgan fingerprint density at radius 2 is 1.82 bits per heavy atom. The monoisotopic (exact) mass is 612 g/mol. The number of carbonyl (C=O) groups excluding carboxylic acids is 1. The van der Waals surface area contributed by atoms with Gasteiger partial charge in [-0.05, 0) is 72.8 Å². The van der Waals surface area contributed by atoms with Crippen molar-refractivity contribution >= 4 is 57.4 Å². The van der Waals surface area contributed by atoms with E-state index in [4.69, 9.17) is 23.2 Å². The third-order valence-electron chi connectivity index (χ3n) is 6.64. The quantitative estimate of drug-likeness (QED) is 0.417. The number of anilines is 1. The Bertz CT molecular complexity index is 1100. The topological polar surface area (TPSA) is 43.8 Å². The van der Waals surface area contributed by atoms with E-state index in [9.17, 15) is 23.1 Å². The SMILES string of the molecule is CCN(CC)C1CC(N2C(=O)C(O)(c3ccc(Cl)cc3Cl)c3c2cc(I)cc3C(F)(F)F)C1. The molecule has 33 heavy (non-hydrogen) atoms. The predicted molar refractivity (Wildman–Crippen MR) is 131 cm³/mol. The van der Waals surface area contributed by atoms with Crippen LogP contribution in [0.25, 0.3) is 0 Å². The van der Waals surface area contributed by atoms with Gasteiger partial charge in [0.1, 0.15) is 0 Å². The van der Waals surface area contributed by atoms with Crippen LogP contribution in [0.3, 0.4) is 0 Å². The van der Waals surface area contributed by atoms with Gasteiger partial charge in [0.2, 0.25) is 0 Å². The molecule has 1 saturated carbocycles. The van der Waals surface area contributed by atoms with Gasteiger partial charge >= 0.3 is 6.18 Å². The number of alkyl halides is 3. The van der Waals surface area contributed by atoms with E-state index in [0.29, 0.717) is 16.4 Å². The second kappa shape index (κ2) is 8.86. The van der Waals surface area contributed by atoms with E-state index in [1.807, 2.05) is 13.8 Å². The Hall–Kier alpha value is -1.07. The lowest BCUT2D eigenvalue weighted by Crippen LogP contribution is -2.56. The average Bonchev–Trinajstić information content (AvgIpc) is 2.91. The molecule has 10 heteroatoms. The summed E-state index contributed by atoms with van der Waals surface area (Å²) < 4.78 is 42.8. The normalized spacial score (nSPS) is 24.9. The van der Waals surface area contributed by atoms with E-state index in [2.05, 4.69) is 4.90 Å². The van der Waals surface area contributed by atoms with Gasteiger partial charge in [-0.25, -0.2) is 0 Å². The standard InChI is InChI=1S/C23H22Cl2F3IN2O2/c1-3-30(4-2)14-10-15(11-14)31-19-9-13(29)8-17(23(26,27)28)20(19)22(33,21(31)32)16-6-5-12(24)7-18(16)25/h5-9,14-15,33H,3-4,10-11H2,1-2H3. The minimum absolute atomic E-state index is 0.0764. The van der Waals surface area contributed by atoms with Gasteiger partial charge in [-0.15, -0.1) is 0 Å². The highest BCUT2D eigenvalue weighted by atomic mass is 127. The van der Waals surface area contributed by atoms with Gasteiger partial charge in [-0.3, -0.25) is 4.79 Å². The van der Waals surface area contributed by atoms with Crippen molar-refractivity contribution in [3.63, 3.8) is 0 Å². The fourth-order valence-electron chi connectivity index (χ4n) is 4.98. The molecule has 2 aromatic carbocycles. The lowest BCUT2D eigenvalue weighted by molar-refractivity contribution is -0.142. The zero-order valence-corrected chi connectivity index (χ0v) is 21.6. The van der Waals surface area contributed by atoms with Crippen molar-refractivity contribution in [2.45, 2.75) is 50.6 Å². The highest BCUT2D eigenvalue weighted by molar-refractivity contribution is 14.1. The van der Waals surface area contributed by atoms with Crippen LogP contribution in [0.2, 0.25) is 10.0 Å². The predicted octanol–water partition coefficient (Wildman–Crippen LogP) is 6.07.